The highest BCUT2D eigenvalue weighted by Crippen LogP contribution is 2.35. The van der Waals surface area contributed by atoms with E-state index in [4.69, 9.17) is 5.73 Å². The predicted molar refractivity (Wildman–Crippen MR) is 66.5 cm³/mol. The molecule has 2 atom stereocenters. The van der Waals surface area contributed by atoms with E-state index in [0.717, 1.165) is 16.6 Å². The lowest BCUT2D eigenvalue weighted by Crippen LogP contribution is -2.22. The molecule has 0 bridgehead atoms. The van der Waals surface area contributed by atoms with Gasteiger partial charge in [0.15, 0.2) is 0 Å². The van der Waals surface area contributed by atoms with Crippen LogP contribution in [0.4, 0.5) is 4.39 Å². The van der Waals surface area contributed by atoms with Crippen LogP contribution in [0.5, 0.6) is 0 Å². The van der Waals surface area contributed by atoms with E-state index in [1.165, 1.54) is 12.5 Å². The molecule has 82 valence electrons. The number of hydrogen-bond donors (Lipinski definition) is 1. The lowest BCUT2D eigenvalue weighted by Gasteiger charge is -2.19. The maximum atomic E-state index is 13.6. The van der Waals surface area contributed by atoms with E-state index >= 15 is 0 Å². The van der Waals surface area contributed by atoms with Crippen molar-refractivity contribution in [3.05, 3.63) is 34.1 Å². The number of thioether (sulfide) groups is 1. The van der Waals surface area contributed by atoms with E-state index in [9.17, 15) is 4.39 Å². The second-order valence-electron chi connectivity index (χ2n) is 3.74. The molecule has 0 spiro atoms. The molecule has 0 radical (unpaired) electrons. The van der Waals surface area contributed by atoms with E-state index in [1.54, 1.807) is 12.1 Å². The quantitative estimate of drug-likeness (QED) is 0.902. The number of halogens is 2. The number of rotatable bonds is 2. The third-order valence-corrected chi connectivity index (χ3v) is 4.66. The second-order valence-corrected chi connectivity index (χ2v) is 6.01. The van der Waals surface area contributed by atoms with E-state index in [0.29, 0.717) is 10.8 Å². The second kappa shape index (κ2) is 4.85. The molecule has 1 aliphatic rings. The average molecular weight is 290 g/mol. The Morgan fingerprint density at radius 3 is 3.00 bits per heavy atom. The van der Waals surface area contributed by atoms with Gasteiger partial charge in [0.1, 0.15) is 5.82 Å². The van der Waals surface area contributed by atoms with E-state index < -0.39 is 0 Å². The van der Waals surface area contributed by atoms with Gasteiger partial charge in [0, 0.05) is 21.3 Å². The number of hydrogen-bond acceptors (Lipinski definition) is 2. The van der Waals surface area contributed by atoms with Gasteiger partial charge >= 0.3 is 0 Å². The van der Waals surface area contributed by atoms with Crippen LogP contribution in [0.3, 0.4) is 0 Å². The van der Waals surface area contributed by atoms with Crippen molar-refractivity contribution in [2.45, 2.75) is 24.1 Å². The largest absolute Gasteiger partial charge is 0.323 e. The minimum absolute atomic E-state index is 0.185. The minimum atomic E-state index is -0.196. The van der Waals surface area contributed by atoms with Crippen molar-refractivity contribution in [3.8, 4) is 0 Å². The molecule has 1 aromatic rings. The zero-order valence-electron chi connectivity index (χ0n) is 8.25. The molecule has 1 aromatic carbocycles. The SMILES string of the molecule is NC(c1cc(Br)ccc1F)C1CCCS1. The molecule has 15 heavy (non-hydrogen) atoms. The van der Waals surface area contributed by atoms with Gasteiger partial charge in [0.05, 0.1) is 0 Å². The fraction of sp³-hybridized carbons (Fsp3) is 0.455. The maximum Gasteiger partial charge on any atom is 0.128 e. The Morgan fingerprint density at radius 1 is 1.53 bits per heavy atom. The molecule has 2 N–H and O–H groups in total. The molecule has 1 fully saturated rings. The Morgan fingerprint density at radius 2 is 2.33 bits per heavy atom. The van der Waals surface area contributed by atoms with Crippen molar-refractivity contribution in [1.29, 1.82) is 0 Å². The van der Waals surface area contributed by atoms with Crippen molar-refractivity contribution in [3.63, 3.8) is 0 Å². The molecule has 4 heteroatoms. The number of benzene rings is 1. The van der Waals surface area contributed by atoms with Gasteiger partial charge in [-0.05, 0) is 36.8 Å². The van der Waals surface area contributed by atoms with Crippen molar-refractivity contribution < 1.29 is 4.39 Å². The Labute approximate surface area is 102 Å². The van der Waals surface area contributed by atoms with Gasteiger partial charge in [0.2, 0.25) is 0 Å². The van der Waals surface area contributed by atoms with Crippen molar-refractivity contribution in [1.82, 2.24) is 0 Å². The van der Waals surface area contributed by atoms with Gasteiger partial charge in [-0.2, -0.15) is 11.8 Å². The summed E-state index contributed by atoms with van der Waals surface area (Å²) in [5.41, 5.74) is 6.72. The van der Waals surface area contributed by atoms with Gasteiger partial charge in [0.25, 0.3) is 0 Å². The summed E-state index contributed by atoms with van der Waals surface area (Å²) in [4.78, 5) is 0. The summed E-state index contributed by atoms with van der Waals surface area (Å²) in [6, 6.07) is 4.78. The first kappa shape index (κ1) is 11.4. The minimum Gasteiger partial charge on any atom is -0.323 e. The van der Waals surface area contributed by atoms with Crippen LogP contribution in [0.1, 0.15) is 24.4 Å². The summed E-state index contributed by atoms with van der Waals surface area (Å²) in [5.74, 6) is 0.951. The summed E-state index contributed by atoms with van der Waals surface area (Å²) in [5, 5.41) is 0.369. The normalized spacial score (nSPS) is 23.0. The summed E-state index contributed by atoms with van der Waals surface area (Å²) in [6.45, 7) is 0. The molecule has 2 unspecified atom stereocenters. The van der Waals surface area contributed by atoms with Crippen molar-refractivity contribution >= 4 is 27.7 Å². The topological polar surface area (TPSA) is 26.0 Å². The van der Waals surface area contributed by atoms with Crippen LogP contribution >= 0.6 is 27.7 Å². The molecule has 1 aliphatic heterocycles. The standard InChI is InChI=1S/C11H13BrFNS/c12-7-3-4-9(13)8(6-7)11(14)10-2-1-5-15-10/h3-4,6,10-11H,1-2,5,14H2. The molecule has 1 nitrogen and oxygen atoms in total. The first-order valence-corrected chi connectivity index (χ1v) is 6.85. The predicted octanol–water partition coefficient (Wildman–Crippen LogP) is 3.48. The zero-order valence-corrected chi connectivity index (χ0v) is 10.7. The van der Waals surface area contributed by atoms with Crippen LogP contribution in [-0.4, -0.2) is 11.0 Å². The highest BCUT2D eigenvalue weighted by molar-refractivity contribution is 9.10. The Kier molecular flexibility index (Phi) is 3.69. The Balaban J connectivity index is 2.23. The summed E-state index contributed by atoms with van der Waals surface area (Å²) >= 11 is 5.20. The third kappa shape index (κ3) is 2.55. The highest BCUT2D eigenvalue weighted by atomic mass is 79.9. The van der Waals surface area contributed by atoms with Crippen LogP contribution < -0.4 is 5.73 Å². The fourth-order valence-corrected chi connectivity index (χ4v) is 3.56. The Hall–Kier alpha value is -0.0600. The summed E-state index contributed by atoms with van der Waals surface area (Å²) < 4.78 is 14.4. The smallest absolute Gasteiger partial charge is 0.128 e. The Bertz CT molecular complexity index is 352. The zero-order chi connectivity index (χ0) is 10.8. The summed E-state index contributed by atoms with van der Waals surface area (Å²) in [6.07, 6.45) is 2.29. The molecule has 0 aromatic heterocycles. The van der Waals surface area contributed by atoms with E-state index in [-0.39, 0.29) is 11.9 Å². The lowest BCUT2D eigenvalue weighted by atomic mass is 10.0. The fourth-order valence-electron chi connectivity index (χ4n) is 1.86. The van der Waals surface area contributed by atoms with Crippen LogP contribution in [-0.2, 0) is 0 Å². The van der Waals surface area contributed by atoms with Gasteiger partial charge < -0.3 is 5.73 Å². The maximum absolute atomic E-state index is 13.6. The third-order valence-electron chi connectivity index (χ3n) is 2.68. The monoisotopic (exact) mass is 289 g/mol. The summed E-state index contributed by atoms with van der Waals surface area (Å²) in [7, 11) is 0. The van der Waals surface area contributed by atoms with E-state index in [2.05, 4.69) is 15.9 Å². The molecular weight excluding hydrogens is 277 g/mol. The van der Waals surface area contributed by atoms with Gasteiger partial charge in [-0.3, -0.25) is 0 Å². The van der Waals surface area contributed by atoms with Crippen molar-refractivity contribution in [2.75, 3.05) is 5.75 Å². The van der Waals surface area contributed by atoms with Crippen LogP contribution in [0, 0.1) is 5.82 Å². The molecule has 0 aliphatic carbocycles. The molecule has 0 saturated carbocycles. The van der Waals surface area contributed by atoms with Gasteiger partial charge in [-0.1, -0.05) is 15.9 Å². The van der Waals surface area contributed by atoms with Crippen molar-refractivity contribution in [2.24, 2.45) is 5.73 Å². The van der Waals surface area contributed by atoms with Gasteiger partial charge in [-0.25, -0.2) is 4.39 Å². The number of nitrogens with two attached hydrogens (primary N) is 1. The first-order valence-electron chi connectivity index (χ1n) is 5.00. The van der Waals surface area contributed by atoms with E-state index in [1.807, 2.05) is 11.8 Å². The molecule has 1 heterocycles. The van der Waals surface area contributed by atoms with Crippen LogP contribution in [0.2, 0.25) is 0 Å². The lowest BCUT2D eigenvalue weighted by molar-refractivity contribution is 0.564. The highest BCUT2D eigenvalue weighted by Gasteiger charge is 2.25. The van der Waals surface area contributed by atoms with Crippen LogP contribution in [0.15, 0.2) is 22.7 Å². The van der Waals surface area contributed by atoms with Gasteiger partial charge in [-0.15, -0.1) is 0 Å². The average Bonchev–Trinajstić information content (AvgIpc) is 2.74. The molecule has 1 saturated heterocycles. The first-order chi connectivity index (χ1) is 7.18. The molecule has 2 rings (SSSR count). The molecule has 0 amide bonds. The van der Waals surface area contributed by atoms with Crippen LogP contribution in [0.25, 0.3) is 0 Å². The molecular formula is C11H13BrFNS.